The molecule has 0 saturated carbocycles. The van der Waals surface area contributed by atoms with Crippen LogP contribution in [0.15, 0.2) is 5.16 Å². The van der Waals surface area contributed by atoms with Crippen molar-refractivity contribution in [1.29, 1.82) is 0 Å². The highest BCUT2D eigenvalue weighted by Gasteiger charge is 2.17. The maximum absolute atomic E-state index is 5.36. The smallest absolute Gasteiger partial charge is 0.192 e. The van der Waals surface area contributed by atoms with Crippen molar-refractivity contribution >= 4 is 11.8 Å². The first-order chi connectivity index (χ1) is 8.93. The zero-order valence-corrected chi connectivity index (χ0v) is 11.5. The molecule has 3 heterocycles. The second kappa shape index (κ2) is 6.04. The molecule has 6 heteroatoms. The lowest BCUT2D eigenvalue weighted by molar-refractivity contribution is 0.0473. The number of aromatic nitrogens is 3. The van der Waals surface area contributed by atoms with E-state index in [2.05, 4.69) is 19.7 Å². The van der Waals surface area contributed by atoms with E-state index in [0.717, 1.165) is 50.3 Å². The molecule has 0 bridgehead atoms. The van der Waals surface area contributed by atoms with Crippen LogP contribution in [0.1, 0.15) is 25.1 Å². The molecule has 5 nitrogen and oxygen atoms in total. The molecule has 2 aliphatic rings. The van der Waals surface area contributed by atoms with Crippen molar-refractivity contribution in [3.8, 4) is 0 Å². The van der Waals surface area contributed by atoms with Crippen LogP contribution in [0.4, 0.5) is 0 Å². The number of nitrogens with zero attached hydrogens (tertiary/aromatic N) is 4. The van der Waals surface area contributed by atoms with Crippen LogP contribution in [0.25, 0.3) is 0 Å². The summed E-state index contributed by atoms with van der Waals surface area (Å²) in [6.45, 7) is 4.88. The van der Waals surface area contributed by atoms with Gasteiger partial charge < -0.3 is 9.30 Å². The maximum atomic E-state index is 5.36. The quantitative estimate of drug-likeness (QED) is 0.775. The van der Waals surface area contributed by atoms with Crippen LogP contribution in [0.2, 0.25) is 0 Å². The minimum atomic E-state index is 0.860. The average molecular weight is 268 g/mol. The molecule has 1 fully saturated rings. The lowest BCUT2D eigenvalue weighted by Crippen LogP contribution is -2.35. The molecule has 3 rings (SSSR count). The molecule has 0 N–H and O–H groups in total. The number of thioether (sulfide) groups is 1. The Morgan fingerprint density at radius 2 is 1.94 bits per heavy atom. The monoisotopic (exact) mass is 268 g/mol. The van der Waals surface area contributed by atoms with Crippen LogP contribution < -0.4 is 0 Å². The number of rotatable bonds is 3. The molecule has 1 aromatic heterocycles. The third-order valence-electron chi connectivity index (χ3n) is 3.56. The predicted octanol–water partition coefficient (Wildman–Crippen LogP) is 1.39. The van der Waals surface area contributed by atoms with Crippen molar-refractivity contribution in [3.05, 3.63) is 5.82 Å². The summed E-state index contributed by atoms with van der Waals surface area (Å²) in [5.74, 6) is 2.18. The van der Waals surface area contributed by atoms with Crippen molar-refractivity contribution < 1.29 is 4.74 Å². The highest BCUT2D eigenvalue weighted by Crippen LogP contribution is 2.22. The van der Waals surface area contributed by atoms with Gasteiger partial charge in [0, 0.05) is 26.1 Å². The standard InChI is InChI=1S/C12H20N4OS/c1-2-4-11-13-14-12(16(11)5-3-1)18-10-15-6-8-17-9-7-15/h1-10H2. The number of fused-ring (bicyclic) bond motifs is 1. The van der Waals surface area contributed by atoms with Crippen LogP contribution in [0.5, 0.6) is 0 Å². The molecule has 0 spiro atoms. The van der Waals surface area contributed by atoms with Gasteiger partial charge in [0.2, 0.25) is 0 Å². The minimum Gasteiger partial charge on any atom is -0.379 e. The van der Waals surface area contributed by atoms with Gasteiger partial charge >= 0.3 is 0 Å². The summed E-state index contributed by atoms with van der Waals surface area (Å²) in [5.41, 5.74) is 0. The Bertz CT molecular complexity index is 389. The fourth-order valence-corrected chi connectivity index (χ4v) is 3.45. The Morgan fingerprint density at radius 3 is 2.83 bits per heavy atom. The van der Waals surface area contributed by atoms with E-state index in [9.17, 15) is 0 Å². The van der Waals surface area contributed by atoms with Crippen LogP contribution in [-0.4, -0.2) is 51.8 Å². The molecule has 0 amide bonds. The van der Waals surface area contributed by atoms with Crippen LogP contribution in [0.3, 0.4) is 0 Å². The van der Waals surface area contributed by atoms with E-state index in [0.29, 0.717) is 0 Å². The Morgan fingerprint density at radius 1 is 1.06 bits per heavy atom. The predicted molar refractivity (Wildman–Crippen MR) is 70.7 cm³/mol. The molecule has 0 unspecified atom stereocenters. The molecule has 18 heavy (non-hydrogen) atoms. The largest absolute Gasteiger partial charge is 0.379 e. The van der Waals surface area contributed by atoms with Gasteiger partial charge in [-0.1, -0.05) is 18.2 Å². The van der Waals surface area contributed by atoms with Gasteiger partial charge in [0.1, 0.15) is 5.82 Å². The van der Waals surface area contributed by atoms with Gasteiger partial charge in [0.25, 0.3) is 0 Å². The lowest BCUT2D eigenvalue weighted by Gasteiger charge is -2.25. The van der Waals surface area contributed by atoms with Crippen molar-refractivity contribution in [2.75, 3.05) is 32.2 Å². The highest BCUT2D eigenvalue weighted by molar-refractivity contribution is 7.99. The molecule has 100 valence electrons. The van der Waals surface area contributed by atoms with E-state index in [4.69, 9.17) is 4.74 Å². The van der Waals surface area contributed by atoms with Gasteiger partial charge in [-0.05, 0) is 12.8 Å². The lowest BCUT2D eigenvalue weighted by atomic mass is 10.2. The number of morpholine rings is 1. The van der Waals surface area contributed by atoms with Crippen molar-refractivity contribution in [2.45, 2.75) is 37.4 Å². The molecule has 2 aliphatic heterocycles. The number of aryl methyl sites for hydroxylation is 1. The van der Waals surface area contributed by atoms with Crippen molar-refractivity contribution in [1.82, 2.24) is 19.7 Å². The van der Waals surface area contributed by atoms with Crippen LogP contribution >= 0.6 is 11.8 Å². The van der Waals surface area contributed by atoms with E-state index in [1.165, 1.54) is 25.1 Å². The summed E-state index contributed by atoms with van der Waals surface area (Å²) < 4.78 is 7.68. The zero-order chi connectivity index (χ0) is 12.2. The summed E-state index contributed by atoms with van der Waals surface area (Å²) in [5, 5.41) is 9.77. The normalized spacial score (nSPS) is 21.6. The Labute approximate surface area is 112 Å². The summed E-state index contributed by atoms with van der Waals surface area (Å²) in [7, 11) is 0. The number of ether oxygens (including phenoxy) is 1. The molecule has 0 atom stereocenters. The van der Waals surface area contributed by atoms with E-state index >= 15 is 0 Å². The molecule has 0 aliphatic carbocycles. The Balaban J connectivity index is 1.60. The van der Waals surface area contributed by atoms with Gasteiger partial charge in [-0.2, -0.15) is 0 Å². The molecular formula is C12H20N4OS. The van der Waals surface area contributed by atoms with E-state index < -0.39 is 0 Å². The Hall–Kier alpha value is -0.590. The molecule has 1 saturated heterocycles. The van der Waals surface area contributed by atoms with Crippen molar-refractivity contribution in [3.63, 3.8) is 0 Å². The highest BCUT2D eigenvalue weighted by atomic mass is 32.2. The minimum absolute atomic E-state index is 0.860. The third kappa shape index (κ3) is 2.87. The fourth-order valence-electron chi connectivity index (χ4n) is 2.44. The first kappa shape index (κ1) is 12.4. The van der Waals surface area contributed by atoms with E-state index in [-0.39, 0.29) is 0 Å². The van der Waals surface area contributed by atoms with Gasteiger partial charge in [-0.15, -0.1) is 10.2 Å². The summed E-state index contributed by atoms with van der Waals surface area (Å²) in [4.78, 5) is 2.42. The van der Waals surface area contributed by atoms with E-state index in [1.807, 2.05) is 11.8 Å². The third-order valence-corrected chi connectivity index (χ3v) is 4.61. The summed E-state index contributed by atoms with van der Waals surface area (Å²) in [6.07, 6.45) is 4.92. The van der Waals surface area contributed by atoms with Gasteiger partial charge in [-0.25, -0.2) is 0 Å². The zero-order valence-electron chi connectivity index (χ0n) is 10.7. The summed E-state index contributed by atoms with van der Waals surface area (Å²) >= 11 is 1.82. The van der Waals surface area contributed by atoms with Gasteiger partial charge in [0.15, 0.2) is 5.16 Å². The van der Waals surface area contributed by atoms with Crippen LogP contribution in [-0.2, 0) is 17.7 Å². The second-order valence-electron chi connectivity index (χ2n) is 4.86. The van der Waals surface area contributed by atoms with Crippen molar-refractivity contribution in [2.24, 2.45) is 0 Å². The summed E-state index contributed by atoms with van der Waals surface area (Å²) in [6, 6.07) is 0. The molecule has 1 aromatic rings. The number of hydrogen-bond donors (Lipinski definition) is 0. The fraction of sp³-hybridized carbons (Fsp3) is 0.833. The topological polar surface area (TPSA) is 43.2 Å². The SMILES string of the molecule is C1CCc2nnc(SCN3CCOCC3)n2CC1. The van der Waals surface area contributed by atoms with Gasteiger partial charge in [-0.3, -0.25) is 4.90 Å². The Kier molecular flexibility index (Phi) is 4.17. The maximum Gasteiger partial charge on any atom is 0.192 e. The molecule has 0 aromatic carbocycles. The molecule has 0 radical (unpaired) electrons. The first-order valence-electron chi connectivity index (χ1n) is 6.78. The first-order valence-corrected chi connectivity index (χ1v) is 7.77. The average Bonchev–Trinajstić information content (AvgIpc) is 2.65. The second-order valence-corrected chi connectivity index (χ2v) is 5.78. The molecular weight excluding hydrogens is 248 g/mol. The number of hydrogen-bond acceptors (Lipinski definition) is 5. The van der Waals surface area contributed by atoms with Crippen LogP contribution in [0, 0.1) is 0 Å². The van der Waals surface area contributed by atoms with Gasteiger partial charge in [0.05, 0.1) is 19.1 Å². The van der Waals surface area contributed by atoms with E-state index in [1.54, 1.807) is 0 Å².